The largest absolute Gasteiger partial charge is 0.396 e. The number of carbonyl (C=O) groups is 1. The fourth-order valence-corrected chi connectivity index (χ4v) is 6.94. The molecule has 0 saturated carbocycles. The lowest BCUT2D eigenvalue weighted by Crippen LogP contribution is -2.33. The van der Waals surface area contributed by atoms with Crippen LogP contribution in [-0.2, 0) is 10.0 Å². The molecular weight excluding hydrogens is 475 g/mol. The number of carbonyl (C=O) groups excluding carboxylic acids is 1. The fourth-order valence-electron chi connectivity index (χ4n) is 2.76. The monoisotopic (exact) mass is 491 g/mol. The number of nitrogens with zero attached hydrogens (tertiary/aromatic N) is 1. The van der Waals surface area contributed by atoms with Gasteiger partial charge in [0, 0.05) is 16.0 Å². The summed E-state index contributed by atoms with van der Waals surface area (Å²) in [5.74, 6) is 0.466. The molecule has 0 aliphatic rings. The van der Waals surface area contributed by atoms with Crippen LogP contribution in [0.25, 0.3) is 21.3 Å². The van der Waals surface area contributed by atoms with Gasteiger partial charge in [0.15, 0.2) is 4.34 Å². The normalized spacial score (nSPS) is 11.5. The Morgan fingerprint density at radius 1 is 1.06 bits per heavy atom. The topological polar surface area (TPSA) is 108 Å². The maximum atomic E-state index is 12.7. The highest BCUT2D eigenvalue weighted by Gasteiger charge is 2.22. The maximum absolute atomic E-state index is 12.7. The maximum Gasteiger partial charge on any atom is 0.333 e. The second-order valence-corrected chi connectivity index (χ2v) is 11.6. The second kappa shape index (κ2) is 9.37. The summed E-state index contributed by atoms with van der Waals surface area (Å²) in [6.45, 7) is 0.00156. The van der Waals surface area contributed by atoms with Crippen molar-refractivity contribution in [3.8, 4) is 11.3 Å². The number of sulfonamides is 1. The summed E-state index contributed by atoms with van der Waals surface area (Å²) < 4.78 is 29.0. The molecule has 2 amide bonds. The lowest BCUT2D eigenvalue weighted by Gasteiger charge is -2.07. The van der Waals surface area contributed by atoms with Crippen molar-refractivity contribution in [2.45, 2.75) is 8.55 Å². The molecule has 4 aromatic rings. The zero-order valence-electron chi connectivity index (χ0n) is 15.9. The van der Waals surface area contributed by atoms with Gasteiger partial charge in [0.25, 0.3) is 10.0 Å². The van der Waals surface area contributed by atoms with E-state index in [1.54, 1.807) is 6.07 Å². The number of rotatable bonds is 7. The summed E-state index contributed by atoms with van der Waals surface area (Å²) in [5, 5.41) is 12.9. The summed E-state index contributed by atoms with van der Waals surface area (Å²) >= 11 is 3.68. The van der Waals surface area contributed by atoms with Crippen LogP contribution in [0.3, 0.4) is 0 Å². The van der Waals surface area contributed by atoms with Gasteiger partial charge in [-0.1, -0.05) is 71.6 Å². The number of amides is 2. The Morgan fingerprint density at radius 2 is 1.81 bits per heavy atom. The van der Waals surface area contributed by atoms with E-state index in [2.05, 4.69) is 15.0 Å². The first-order valence-electron chi connectivity index (χ1n) is 9.08. The minimum absolute atomic E-state index is 0.00156. The van der Waals surface area contributed by atoms with Crippen molar-refractivity contribution in [1.82, 2.24) is 9.71 Å². The quantitative estimate of drug-likeness (QED) is 0.326. The molecule has 0 unspecified atom stereocenters. The lowest BCUT2D eigenvalue weighted by molar-refractivity contribution is 0.256. The van der Waals surface area contributed by atoms with Crippen molar-refractivity contribution in [2.75, 3.05) is 17.7 Å². The molecule has 0 aliphatic heterocycles. The summed E-state index contributed by atoms with van der Waals surface area (Å²) in [4.78, 5) is 17.1. The van der Waals surface area contributed by atoms with E-state index < -0.39 is 16.1 Å². The summed E-state index contributed by atoms with van der Waals surface area (Å²) in [7, 11) is -4.02. The average molecular weight is 492 g/mol. The summed E-state index contributed by atoms with van der Waals surface area (Å²) in [5.41, 5.74) is 1.33. The molecule has 0 fully saturated rings. The number of hydrogen-bond acceptors (Lipinski definition) is 8. The predicted octanol–water partition coefficient (Wildman–Crippen LogP) is 4.62. The molecule has 0 saturated heterocycles. The number of aromatic nitrogens is 1. The first-order valence-corrected chi connectivity index (χ1v) is 13.2. The van der Waals surface area contributed by atoms with Gasteiger partial charge in [-0.25, -0.2) is 22.9 Å². The van der Waals surface area contributed by atoms with Crippen molar-refractivity contribution in [3.05, 3.63) is 60.7 Å². The number of nitrogens with one attached hydrogen (secondary N) is 2. The number of thiophene rings is 1. The van der Waals surface area contributed by atoms with E-state index in [-0.39, 0.29) is 10.8 Å². The third-order valence-electron chi connectivity index (χ3n) is 4.09. The number of urea groups is 1. The highest BCUT2D eigenvalue weighted by molar-refractivity contribution is 8.01. The van der Waals surface area contributed by atoms with Gasteiger partial charge in [0.1, 0.15) is 14.9 Å². The highest BCUT2D eigenvalue weighted by atomic mass is 32.2. The molecule has 2 aromatic carbocycles. The second-order valence-electron chi connectivity index (χ2n) is 6.26. The van der Waals surface area contributed by atoms with Crippen molar-refractivity contribution in [2.24, 2.45) is 0 Å². The molecule has 11 heteroatoms. The van der Waals surface area contributed by atoms with Gasteiger partial charge in [0.2, 0.25) is 0 Å². The molecular formula is C20H17N3O4S4. The molecule has 3 N–H and O–H groups in total. The Hall–Kier alpha value is -2.44. The number of aliphatic hydroxyl groups is 1. The van der Waals surface area contributed by atoms with Gasteiger partial charge < -0.3 is 5.11 Å². The third-order valence-corrected chi connectivity index (χ3v) is 9.11. The van der Waals surface area contributed by atoms with E-state index in [1.807, 2.05) is 54.6 Å². The van der Waals surface area contributed by atoms with E-state index >= 15 is 0 Å². The van der Waals surface area contributed by atoms with Crippen molar-refractivity contribution < 1.29 is 18.3 Å². The number of aliphatic hydroxyl groups excluding tert-OH is 1. The van der Waals surface area contributed by atoms with Crippen LogP contribution in [0.2, 0.25) is 0 Å². The molecule has 31 heavy (non-hydrogen) atoms. The van der Waals surface area contributed by atoms with E-state index in [1.165, 1.54) is 23.1 Å². The zero-order valence-corrected chi connectivity index (χ0v) is 19.2. The molecule has 2 aromatic heterocycles. The Labute approximate surface area is 191 Å². The van der Waals surface area contributed by atoms with Gasteiger partial charge in [-0.05, 0) is 17.5 Å². The SMILES string of the molecule is O=C(Nc1sc(SCCO)nc1-c1ccccc1)NS(=O)(=O)c1cc2ccccc2s1. The third kappa shape index (κ3) is 5.08. The first-order chi connectivity index (χ1) is 15.0. The number of thioether (sulfide) groups is 1. The van der Waals surface area contributed by atoms with Gasteiger partial charge in [0.05, 0.1) is 6.61 Å². The minimum atomic E-state index is -4.02. The summed E-state index contributed by atoms with van der Waals surface area (Å²) in [6.07, 6.45) is 0. The van der Waals surface area contributed by atoms with Crippen LogP contribution in [0.4, 0.5) is 9.80 Å². The molecule has 7 nitrogen and oxygen atoms in total. The molecule has 0 spiro atoms. The average Bonchev–Trinajstić information content (AvgIpc) is 3.37. The van der Waals surface area contributed by atoms with Crippen LogP contribution in [0.5, 0.6) is 0 Å². The molecule has 2 heterocycles. The van der Waals surface area contributed by atoms with E-state index in [0.29, 0.717) is 20.8 Å². The number of benzene rings is 2. The first kappa shape index (κ1) is 21.8. The van der Waals surface area contributed by atoms with Crippen molar-refractivity contribution in [1.29, 1.82) is 0 Å². The zero-order chi connectivity index (χ0) is 21.8. The Kier molecular flexibility index (Phi) is 6.58. The molecule has 0 radical (unpaired) electrons. The molecule has 0 bridgehead atoms. The standard InChI is InChI=1S/C20H17N3O4S4/c24-10-11-28-20-21-17(13-6-2-1-3-7-13)18(30-20)22-19(25)23-31(26,27)16-12-14-8-4-5-9-15(14)29-16/h1-9,12,24H,10-11H2,(H2,22,23,25). The Balaban J connectivity index is 1.56. The van der Waals surface area contributed by atoms with Crippen LogP contribution in [0, 0.1) is 0 Å². The van der Waals surface area contributed by atoms with Crippen LogP contribution < -0.4 is 10.0 Å². The van der Waals surface area contributed by atoms with Gasteiger partial charge in [-0.2, -0.15) is 0 Å². The van der Waals surface area contributed by atoms with Crippen LogP contribution in [-0.4, -0.2) is 36.9 Å². The lowest BCUT2D eigenvalue weighted by atomic mass is 10.2. The van der Waals surface area contributed by atoms with E-state index in [9.17, 15) is 13.2 Å². The number of hydrogen-bond donors (Lipinski definition) is 3. The van der Waals surface area contributed by atoms with Crippen LogP contribution in [0.15, 0.2) is 69.2 Å². The van der Waals surface area contributed by atoms with Gasteiger partial charge in [-0.15, -0.1) is 11.3 Å². The fraction of sp³-hybridized carbons (Fsp3) is 0.100. The van der Waals surface area contributed by atoms with E-state index in [0.717, 1.165) is 27.0 Å². The number of fused-ring (bicyclic) bond motifs is 1. The van der Waals surface area contributed by atoms with Gasteiger partial charge >= 0.3 is 6.03 Å². The number of anilines is 1. The smallest absolute Gasteiger partial charge is 0.333 e. The van der Waals surface area contributed by atoms with Crippen LogP contribution in [0.1, 0.15) is 0 Å². The van der Waals surface area contributed by atoms with Crippen molar-refractivity contribution in [3.63, 3.8) is 0 Å². The molecule has 0 aliphatic carbocycles. The molecule has 160 valence electrons. The number of thiazole rings is 1. The van der Waals surface area contributed by atoms with E-state index in [4.69, 9.17) is 5.11 Å². The Morgan fingerprint density at radius 3 is 2.55 bits per heavy atom. The Bertz CT molecular complexity index is 1280. The summed E-state index contributed by atoms with van der Waals surface area (Å²) in [6, 6.07) is 17.3. The molecule has 4 rings (SSSR count). The predicted molar refractivity (Wildman–Crippen MR) is 127 cm³/mol. The molecule has 0 atom stereocenters. The van der Waals surface area contributed by atoms with Gasteiger partial charge in [-0.3, -0.25) is 5.32 Å². The van der Waals surface area contributed by atoms with Crippen molar-refractivity contribution >= 4 is 65.6 Å². The minimum Gasteiger partial charge on any atom is -0.396 e. The van der Waals surface area contributed by atoms with Crippen LogP contribution >= 0.6 is 34.4 Å². The highest BCUT2D eigenvalue weighted by Crippen LogP contribution is 2.37.